The molecule has 0 spiro atoms. The summed E-state index contributed by atoms with van der Waals surface area (Å²) in [4.78, 5) is 45.1. The van der Waals surface area contributed by atoms with Gasteiger partial charge in [0.2, 0.25) is 11.8 Å². The van der Waals surface area contributed by atoms with E-state index in [0.717, 1.165) is 42.3 Å². The van der Waals surface area contributed by atoms with Crippen molar-refractivity contribution in [3.05, 3.63) is 35.5 Å². The lowest BCUT2D eigenvalue weighted by Crippen LogP contribution is -2.37. The van der Waals surface area contributed by atoms with Crippen LogP contribution >= 0.6 is 0 Å². The maximum atomic E-state index is 13.5. The van der Waals surface area contributed by atoms with E-state index in [1.807, 2.05) is 31.3 Å². The Morgan fingerprint density at radius 1 is 1.19 bits per heavy atom. The Kier molecular flexibility index (Phi) is 4.37. The molecule has 1 saturated carbocycles. The summed E-state index contributed by atoms with van der Waals surface area (Å²) in [5.41, 5.74) is 2.80. The highest BCUT2D eigenvalue weighted by molar-refractivity contribution is 6.08. The van der Waals surface area contributed by atoms with E-state index in [4.69, 9.17) is 0 Å². The van der Waals surface area contributed by atoms with E-state index in [0.29, 0.717) is 12.1 Å². The Morgan fingerprint density at radius 2 is 1.97 bits per heavy atom. The fraction of sp³-hybridized carbons (Fsp3) is 0.560. The molecule has 1 aromatic carbocycles. The number of imide groups is 1. The number of hydrogen-bond acceptors (Lipinski definition) is 3. The number of benzene rings is 1. The van der Waals surface area contributed by atoms with Crippen LogP contribution in [0.2, 0.25) is 0 Å². The number of H-pyrrole nitrogens is 1. The lowest BCUT2D eigenvalue weighted by Gasteiger charge is -2.39. The fourth-order valence-corrected chi connectivity index (χ4v) is 6.69. The summed E-state index contributed by atoms with van der Waals surface area (Å²) in [5, 5.41) is 0.865. The van der Waals surface area contributed by atoms with E-state index in [2.05, 4.69) is 30.7 Å². The van der Waals surface area contributed by atoms with Crippen molar-refractivity contribution in [1.29, 1.82) is 0 Å². The number of carbonyl (C=O) groups excluding carboxylic acids is 3. The lowest BCUT2D eigenvalue weighted by atomic mass is 9.65. The maximum Gasteiger partial charge on any atom is 0.254 e. The number of rotatable bonds is 3. The minimum Gasteiger partial charge on any atom is -0.361 e. The average molecular weight is 422 g/mol. The molecule has 1 N–H and O–H groups in total. The van der Waals surface area contributed by atoms with Gasteiger partial charge >= 0.3 is 0 Å². The zero-order valence-corrected chi connectivity index (χ0v) is 18.8. The number of nitrogens with one attached hydrogen (secondary N) is 1. The Balaban J connectivity index is 1.47. The monoisotopic (exact) mass is 421 g/mol. The molecule has 3 aliphatic rings. The first-order valence-electron chi connectivity index (χ1n) is 11.4. The van der Waals surface area contributed by atoms with Gasteiger partial charge in [-0.05, 0) is 60.8 Å². The molecule has 164 valence electrons. The van der Waals surface area contributed by atoms with Crippen molar-refractivity contribution in [2.75, 3.05) is 13.1 Å². The predicted octanol–water partition coefficient (Wildman–Crippen LogP) is 4.07. The number of carbonyl (C=O) groups is 3. The van der Waals surface area contributed by atoms with Gasteiger partial charge in [-0.3, -0.25) is 19.3 Å². The van der Waals surface area contributed by atoms with E-state index in [9.17, 15) is 14.4 Å². The Labute approximate surface area is 183 Å². The first-order valence-corrected chi connectivity index (χ1v) is 11.4. The van der Waals surface area contributed by atoms with Crippen LogP contribution in [0, 0.1) is 10.8 Å². The molecule has 1 aliphatic carbocycles. The molecule has 2 aliphatic heterocycles. The highest BCUT2D eigenvalue weighted by Crippen LogP contribution is 2.52. The summed E-state index contributed by atoms with van der Waals surface area (Å²) in [6, 6.07) is 5.99. The molecule has 3 atom stereocenters. The highest BCUT2D eigenvalue weighted by atomic mass is 16.2. The summed E-state index contributed by atoms with van der Waals surface area (Å²) < 4.78 is 0. The van der Waals surface area contributed by atoms with Crippen molar-refractivity contribution in [3.63, 3.8) is 0 Å². The summed E-state index contributed by atoms with van der Waals surface area (Å²) >= 11 is 0. The minimum atomic E-state index is -0.475. The molecule has 3 unspecified atom stereocenters. The van der Waals surface area contributed by atoms with E-state index in [-0.39, 0.29) is 41.0 Å². The molecule has 31 heavy (non-hydrogen) atoms. The summed E-state index contributed by atoms with van der Waals surface area (Å²) in [6.07, 6.45) is 5.27. The maximum absolute atomic E-state index is 13.5. The zero-order valence-electron chi connectivity index (χ0n) is 18.8. The molecular formula is C25H31N3O3. The van der Waals surface area contributed by atoms with Gasteiger partial charge < -0.3 is 9.88 Å². The van der Waals surface area contributed by atoms with Gasteiger partial charge in [-0.2, -0.15) is 0 Å². The van der Waals surface area contributed by atoms with Crippen LogP contribution in [0.5, 0.6) is 0 Å². The second-order valence-electron chi connectivity index (χ2n) is 10.9. The second-order valence-corrected chi connectivity index (χ2v) is 10.9. The number of aromatic nitrogens is 1. The van der Waals surface area contributed by atoms with Crippen molar-refractivity contribution >= 4 is 28.6 Å². The Bertz CT molecular complexity index is 1100. The van der Waals surface area contributed by atoms with Gasteiger partial charge in [0.25, 0.3) is 5.91 Å². The van der Waals surface area contributed by atoms with Crippen molar-refractivity contribution in [1.82, 2.24) is 14.8 Å². The van der Waals surface area contributed by atoms with Gasteiger partial charge in [-0.25, -0.2) is 0 Å². The van der Waals surface area contributed by atoms with Crippen molar-refractivity contribution in [2.24, 2.45) is 10.8 Å². The summed E-state index contributed by atoms with van der Waals surface area (Å²) in [6.45, 7) is 9.94. The van der Waals surface area contributed by atoms with Gasteiger partial charge in [0.1, 0.15) is 0 Å². The molecule has 1 aromatic heterocycles. The second kappa shape index (κ2) is 6.68. The van der Waals surface area contributed by atoms with Crippen LogP contribution in [0.15, 0.2) is 24.4 Å². The van der Waals surface area contributed by atoms with Crippen LogP contribution in [0.1, 0.15) is 75.2 Å². The quantitative estimate of drug-likeness (QED) is 0.759. The van der Waals surface area contributed by atoms with E-state index >= 15 is 0 Å². The normalized spacial score (nSPS) is 29.9. The van der Waals surface area contributed by atoms with Gasteiger partial charge in [-0.15, -0.1) is 0 Å². The molecule has 3 amide bonds. The van der Waals surface area contributed by atoms with Crippen LogP contribution in [0.3, 0.4) is 0 Å². The SMILES string of the molecule is CCN1C(=O)CC(c2c[nH]c3ccc(C(=O)N4CC5(C)CC4CC(C)(C)C5)cc23)C1=O. The van der Waals surface area contributed by atoms with Crippen molar-refractivity contribution in [3.8, 4) is 0 Å². The van der Waals surface area contributed by atoms with Gasteiger partial charge in [0, 0.05) is 48.2 Å². The zero-order chi connectivity index (χ0) is 22.1. The Hall–Kier alpha value is -2.63. The molecule has 2 bridgehead atoms. The standard InChI is InChI=1S/C25H31N3O3/c1-5-27-21(29)9-18(23(27)31)19-12-26-20-7-6-15(8-17(19)20)22(30)28-14-25(4)11-16(28)10-24(2,3)13-25/h6-8,12,16,18,26H,5,9-11,13-14H2,1-4H3. The number of nitrogens with zero attached hydrogens (tertiary/aromatic N) is 2. The molecule has 3 heterocycles. The molecule has 6 nitrogen and oxygen atoms in total. The molecule has 6 heteroatoms. The van der Waals surface area contributed by atoms with Crippen LogP contribution < -0.4 is 0 Å². The predicted molar refractivity (Wildman–Crippen MR) is 119 cm³/mol. The summed E-state index contributed by atoms with van der Waals surface area (Å²) in [7, 11) is 0. The number of fused-ring (bicyclic) bond motifs is 3. The number of likely N-dealkylation sites (tertiary alicyclic amines) is 2. The fourth-order valence-electron chi connectivity index (χ4n) is 6.69. The largest absolute Gasteiger partial charge is 0.361 e. The number of hydrogen-bond donors (Lipinski definition) is 1. The molecular weight excluding hydrogens is 390 g/mol. The third-order valence-electron chi connectivity index (χ3n) is 7.57. The van der Waals surface area contributed by atoms with Gasteiger partial charge in [-0.1, -0.05) is 20.8 Å². The third-order valence-corrected chi connectivity index (χ3v) is 7.57. The van der Waals surface area contributed by atoms with Crippen LogP contribution in [0.4, 0.5) is 0 Å². The minimum absolute atomic E-state index is 0.0736. The van der Waals surface area contributed by atoms with Crippen LogP contribution in [-0.4, -0.2) is 51.6 Å². The van der Waals surface area contributed by atoms with Crippen LogP contribution in [0.25, 0.3) is 10.9 Å². The smallest absolute Gasteiger partial charge is 0.254 e. The molecule has 5 rings (SSSR count). The topological polar surface area (TPSA) is 73.5 Å². The highest BCUT2D eigenvalue weighted by Gasteiger charge is 2.51. The van der Waals surface area contributed by atoms with Gasteiger partial charge in [0.15, 0.2) is 0 Å². The average Bonchev–Trinajstić information content (AvgIpc) is 3.31. The summed E-state index contributed by atoms with van der Waals surface area (Å²) in [5.74, 6) is -0.672. The third kappa shape index (κ3) is 3.19. The first kappa shape index (κ1) is 20.3. The first-order chi connectivity index (χ1) is 14.6. The van der Waals surface area contributed by atoms with Gasteiger partial charge in [0.05, 0.1) is 5.92 Å². The van der Waals surface area contributed by atoms with E-state index in [1.54, 1.807) is 0 Å². The molecule has 0 radical (unpaired) electrons. The Morgan fingerprint density at radius 3 is 2.68 bits per heavy atom. The number of amides is 3. The van der Waals surface area contributed by atoms with E-state index < -0.39 is 5.92 Å². The van der Waals surface area contributed by atoms with Crippen molar-refractivity contribution in [2.45, 2.75) is 65.3 Å². The number of aromatic amines is 1. The molecule has 3 fully saturated rings. The van der Waals surface area contributed by atoms with E-state index in [1.165, 1.54) is 4.90 Å². The lowest BCUT2D eigenvalue weighted by molar-refractivity contribution is -0.138. The molecule has 2 aromatic rings. The number of likely N-dealkylation sites (N-methyl/N-ethyl adjacent to an activating group) is 1. The molecule has 2 saturated heterocycles. The van der Waals surface area contributed by atoms with Crippen molar-refractivity contribution < 1.29 is 14.4 Å². The van der Waals surface area contributed by atoms with Crippen LogP contribution in [-0.2, 0) is 9.59 Å².